The van der Waals surface area contributed by atoms with Gasteiger partial charge in [-0.15, -0.1) is 0 Å². The summed E-state index contributed by atoms with van der Waals surface area (Å²) in [6, 6.07) is 5.50. The van der Waals surface area contributed by atoms with Crippen molar-refractivity contribution in [2.75, 3.05) is 19.6 Å². The highest BCUT2D eigenvalue weighted by atomic mass is 79.9. The SMILES string of the molecule is CCNC(=O)c1ccc2n1CCN(CC(=O)c1cc3ncc(Br)cn3n1)C2. The maximum Gasteiger partial charge on any atom is 0.267 e. The number of hydrogen-bond acceptors (Lipinski definition) is 5. The van der Waals surface area contributed by atoms with Gasteiger partial charge in [-0.2, -0.15) is 5.10 Å². The molecule has 1 aliphatic rings. The topological polar surface area (TPSA) is 84.5 Å². The van der Waals surface area contributed by atoms with Crippen molar-refractivity contribution in [3.8, 4) is 0 Å². The molecule has 1 aliphatic heterocycles. The second-order valence-corrected chi connectivity index (χ2v) is 7.38. The summed E-state index contributed by atoms with van der Waals surface area (Å²) < 4.78 is 4.42. The largest absolute Gasteiger partial charge is 0.351 e. The van der Waals surface area contributed by atoms with Crippen molar-refractivity contribution >= 4 is 33.3 Å². The molecule has 27 heavy (non-hydrogen) atoms. The number of ketones is 1. The van der Waals surface area contributed by atoms with E-state index in [1.807, 2.05) is 23.6 Å². The van der Waals surface area contributed by atoms with Gasteiger partial charge in [0.05, 0.1) is 11.0 Å². The minimum absolute atomic E-state index is 0.0411. The van der Waals surface area contributed by atoms with E-state index in [-0.39, 0.29) is 18.2 Å². The molecule has 0 fully saturated rings. The Morgan fingerprint density at radius 2 is 2.15 bits per heavy atom. The van der Waals surface area contributed by atoms with Crippen LogP contribution in [0.5, 0.6) is 0 Å². The van der Waals surface area contributed by atoms with Crippen molar-refractivity contribution in [3.63, 3.8) is 0 Å². The van der Waals surface area contributed by atoms with E-state index in [2.05, 4.69) is 36.2 Å². The van der Waals surface area contributed by atoms with E-state index < -0.39 is 0 Å². The Labute approximate surface area is 164 Å². The normalized spacial score (nSPS) is 14.3. The van der Waals surface area contributed by atoms with Crippen molar-refractivity contribution in [3.05, 3.63) is 52.1 Å². The predicted molar refractivity (Wildman–Crippen MR) is 103 cm³/mol. The van der Waals surface area contributed by atoms with Gasteiger partial charge < -0.3 is 9.88 Å². The summed E-state index contributed by atoms with van der Waals surface area (Å²) >= 11 is 3.35. The molecular formula is C18H19BrN6O2. The monoisotopic (exact) mass is 430 g/mol. The maximum absolute atomic E-state index is 12.7. The van der Waals surface area contributed by atoms with Crippen LogP contribution in [0, 0.1) is 0 Å². The van der Waals surface area contributed by atoms with E-state index in [0.717, 1.165) is 10.2 Å². The van der Waals surface area contributed by atoms with Crippen LogP contribution in [-0.2, 0) is 13.1 Å². The predicted octanol–water partition coefficient (Wildman–Crippen LogP) is 1.74. The zero-order chi connectivity index (χ0) is 19.0. The van der Waals surface area contributed by atoms with E-state index in [1.165, 1.54) is 0 Å². The fourth-order valence-electron chi connectivity index (χ4n) is 3.32. The molecule has 140 valence electrons. The molecule has 0 spiro atoms. The lowest BCUT2D eigenvalue weighted by molar-refractivity contribution is 0.0890. The summed E-state index contributed by atoms with van der Waals surface area (Å²) in [6.45, 7) is 4.80. The fourth-order valence-corrected chi connectivity index (χ4v) is 3.62. The summed E-state index contributed by atoms with van der Waals surface area (Å²) in [4.78, 5) is 31.1. The van der Waals surface area contributed by atoms with Gasteiger partial charge in [-0.1, -0.05) is 0 Å². The Balaban J connectivity index is 1.46. The fraction of sp³-hybridized carbons (Fsp3) is 0.333. The first-order chi connectivity index (χ1) is 13.0. The summed E-state index contributed by atoms with van der Waals surface area (Å²) in [7, 11) is 0. The molecule has 0 atom stereocenters. The lowest BCUT2D eigenvalue weighted by Gasteiger charge is -2.28. The molecule has 3 aromatic rings. The van der Waals surface area contributed by atoms with Crippen LogP contribution in [0.15, 0.2) is 35.1 Å². The van der Waals surface area contributed by atoms with Gasteiger partial charge in [0.2, 0.25) is 0 Å². The molecule has 0 unspecified atom stereocenters. The van der Waals surface area contributed by atoms with Crippen LogP contribution in [-0.4, -0.2) is 55.4 Å². The molecular weight excluding hydrogens is 412 g/mol. The Kier molecular flexibility index (Phi) is 4.79. The molecule has 8 nitrogen and oxygen atoms in total. The number of aromatic nitrogens is 4. The van der Waals surface area contributed by atoms with E-state index in [1.54, 1.807) is 23.0 Å². The number of hydrogen-bond donors (Lipinski definition) is 1. The summed E-state index contributed by atoms with van der Waals surface area (Å²) in [6.07, 6.45) is 3.45. The number of rotatable bonds is 5. The van der Waals surface area contributed by atoms with Crippen LogP contribution >= 0.6 is 15.9 Å². The number of nitrogens with one attached hydrogen (secondary N) is 1. The first kappa shape index (κ1) is 17.9. The minimum Gasteiger partial charge on any atom is -0.351 e. The number of fused-ring (bicyclic) bond motifs is 2. The first-order valence-electron chi connectivity index (χ1n) is 8.78. The van der Waals surface area contributed by atoms with E-state index in [0.29, 0.717) is 43.2 Å². The molecule has 0 radical (unpaired) electrons. The number of carbonyl (C=O) groups excluding carboxylic acids is 2. The van der Waals surface area contributed by atoms with Crippen LogP contribution in [0.1, 0.15) is 33.6 Å². The Hall–Kier alpha value is -2.52. The zero-order valence-electron chi connectivity index (χ0n) is 14.9. The molecule has 4 heterocycles. The lowest BCUT2D eigenvalue weighted by atomic mass is 10.2. The van der Waals surface area contributed by atoms with Crippen LogP contribution in [0.25, 0.3) is 5.65 Å². The highest BCUT2D eigenvalue weighted by Crippen LogP contribution is 2.18. The highest BCUT2D eigenvalue weighted by Gasteiger charge is 2.23. The number of nitrogens with zero attached hydrogens (tertiary/aromatic N) is 5. The zero-order valence-corrected chi connectivity index (χ0v) is 16.4. The Bertz CT molecular complexity index is 1020. The van der Waals surface area contributed by atoms with Crippen molar-refractivity contribution in [1.82, 2.24) is 29.4 Å². The van der Waals surface area contributed by atoms with Crippen LogP contribution in [0.3, 0.4) is 0 Å². The number of halogens is 1. The van der Waals surface area contributed by atoms with Gasteiger partial charge in [-0.3, -0.25) is 14.5 Å². The van der Waals surface area contributed by atoms with Crippen molar-refractivity contribution < 1.29 is 9.59 Å². The molecule has 3 aromatic heterocycles. The van der Waals surface area contributed by atoms with Gasteiger partial charge >= 0.3 is 0 Å². The third-order valence-electron chi connectivity index (χ3n) is 4.60. The number of Topliss-reactive ketones (excluding diaryl/α,β-unsaturated/α-hetero) is 1. The Morgan fingerprint density at radius 1 is 1.30 bits per heavy atom. The molecule has 1 amide bonds. The average molecular weight is 431 g/mol. The molecule has 0 aromatic carbocycles. The van der Waals surface area contributed by atoms with Gasteiger partial charge in [-0.25, -0.2) is 9.50 Å². The molecule has 0 saturated heterocycles. The van der Waals surface area contributed by atoms with Gasteiger partial charge in [0.1, 0.15) is 11.4 Å². The quantitative estimate of drug-likeness (QED) is 0.623. The van der Waals surface area contributed by atoms with E-state index in [9.17, 15) is 9.59 Å². The Morgan fingerprint density at radius 3 is 2.96 bits per heavy atom. The highest BCUT2D eigenvalue weighted by molar-refractivity contribution is 9.10. The van der Waals surface area contributed by atoms with Gasteiger partial charge in [0.25, 0.3) is 5.91 Å². The van der Waals surface area contributed by atoms with E-state index >= 15 is 0 Å². The molecule has 9 heteroatoms. The number of amides is 1. The standard InChI is InChI=1S/C18H19BrN6O2/c1-2-20-18(27)15-4-3-13-10-23(5-6-24(13)15)11-16(26)14-7-17-21-8-12(19)9-25(17)22-14/h3-4,7-9H,2,5-6,10-11H2,1H3,(H,20,27). The average Bonchev–Trinajstić information content (AvgIpc) is 3.25. The molecule has 0 aliphatic carbocycles. The van der Waals surface area contributed by atoms with Crippen LogP contribution in [0.4, 0.5) is 0 Å². The smallest absolute Gasteiger partial charge is 0.267 e. The third kappa shape index (κ3) is 3.52. The molecule has 1 N–H and O–H groups in total. The molecule has 0 bridgehead atoms. The number of carbonyl (C=O) groups is 2. The third-order valence-corrected chi connectivity index (χ3v) is 5.01. The summed E-state index contributed by atoms with van der Waals surface area (Å²) in [5.41, 5.74) is 2.76. The molecule has 4 rings (SSSR count). The second-order valence-electron chi connectivity index (χ2n) is 6.46. The van der Waals surface area contributed by atoms with Crippen molar-refractivity contribution in [1.29, 1.82) is 0 Å². The summed E-state index contributed by atoms with van der Waals surface area (Å²) in [5, 5.41) is 7.15. The van der Waals surface area contributed by atoms with Gasteiger partial charge in [-0.05, 0) is 35.0 Å². The van der Waals surface area contributed by atoms with Gasteiger partial charge in [0.15, 0.2) is 11.4 Å². The second kappa shape index (κ2) is 7.24. The van der Waals surface area contributed by atoms with Crippen LogP contribution < -0.4 is 5.32 Å². The van der Waals surface area contributed by atoms with Crippen LogP contribution in [0.2, 0.25) is 0 Å². The van der Waals surface area contributed by atoms with Crippen molar-refractivity contribution in [2.24, 2.45) is 0 Å². The lowest BCUT2D eigenvalue weighted by Crippen LogP contribution is -2.38. The van der Waals surface area contributed by atoms with Gasteiger partial charge in [0, 0.05) is 50.3 Å². The maximum atomic E-state index is 12.7. The van der Waals surface area contributed by atoms with E-state index in [4.69, 9.17) is 0 Å². The minimum atomic E-state index is -0.0587. The first-order valence-corrected chi connectivity index (χ1v) is 9.57. The molecule has 0 saturated carbocycles. The van der Waals surface area contributed by atoms with Crippen molar-refractivity contribution in [2.45, 2.75) is 20.0 Å². The summed E-state index contributed by atoms with van der Waals surface area (Å²) in [5.74, 6) is -0.0998.